The Balaban J connectivity index is 1.53. The number of hydrogen-bond acceptors (Lipinski definition) is 7. The number of thiocarbonyl (C=S) groups is 1. The van der Waals surface area contributed by atoms with Gasteiger partial charge in [-0.25, -0.2) is 9.78 Å². The Kier molecular flexibility index (Phi) is 7.91. The monoisotopic (exact) mass is 457 g/mol. The van der Waals surface area contributed by atoms with Gasteiger partial charge in [0.05, 0.1) is 22.4 Å². The van der Waals surface area contributed by atoms with Crippen LogP contribution in [0.25, 0.3) is 10.2 Å². The van der Waals surface area contributed by atoms with E-state index in [4.69, 9.17) is 21.7 Å². The van der Waals surface area contributed by atoms with Crippen LogP contribution in [-0.4, -0.2) is 35.2 Å². The molecule has 0 spiro atoms. The molecular formula is C22H23N3O4S2. The molecule has 0 aliphatic carbocycles. The van der Waals surface area contributed by atoms with Gasteiger partial charge in [0.1, 0.15) is 5.75 Å². The average Bonchev–Trinajstić information content (AvgIpc) is 3.14. The molecule has 0 saturated carbocycles. The van der Waals surface area contributed by atoms with Crippen molar-refractivity contribution in [3.05, 3.63) is 53.6 Å². The van der Waals surface area contributed by atoms with Gasteiger partial charge in [0.25, 0.3) is 5.91 Å². The zero-order valence-electron chi connectivity index (χ0n) is 17.3. The third-order valence-electron chi connectivity index (χ3n) is 4.22. The van der Waals surface area contributed by atoms with Gasteiger partial charge in [0.2, 0.25) is 0 Å². The molecule has 2 aromatic carbocycles. The van der Waals surface area contributed by atoms with E-state index in [-0.39, 0.29) is 23.6 Å². The van der Waals surface area contributed by atoms with Crippen molar-refractivity contribution in [2.45, 2.75) is 26.7 Å². The molecule has 0 radical (unpaired) electrons. The van der Waals surface area contributed by atoms with Crippen LogP contribution in [0.2, 0.25) is 0 Å². The largest absolute Gasteiger partial charge is 0.484 e. The van der Waals surface area contributed by atoms with E-state index in [0.717, 1.165) is 28.6 Å². The van der Waals surface area contributed by atoms with E-state index in [9.17, 15) is 9.59 Å². The fraction of sp³-hybridized carbons (Fsp3) is 0.273. The molecule has 0 atom stereocenters. The summed E-state index contributed by atoms with van der Waals surface area (Å²) in [7, 11) is 0. The highest BCUT2D eigenvalue weighted by atomic mass is 32.1. The van der Waals surface area contributed by atoms with E-state index >= 15 is 0 Å². The summed E-state index contributed by atoms with van der Waals surface area (Å²) in [5, 5.41) is 6.09. The van der Waals surface area contributed by atoms with Crippen LogP contribution in [-0.2, 0) is 9.53 Å². The number of carbonyl (C=O) groups is 2. The van der Waals surface area contributed by atoms with Gasteiger partial charge in [0.15, 0.2) is 16.9 Å². The molecule has 3 rings (SSSR count). The average molecular weight is 458 g/mol. The number of esters is 1. The number of hydrogen-bond donors (Lipinski definition) is 2. The molecule has 7 nitrogen and oxygen atoms in total. The Morgan fingerprint density at radius 2 is 1.94 bits per heavy atom. The predicted molar refractivity (Wildman–Crippen MR) is 126 cm³/mol. The summed E-state index contributed by atoms with van der Waals surface area (Å²) in [6, 6.07) is 12.6. The third kappa shape index (κ3) is 6.73. The van der Waals surface area contributed by atoms with Crippen LogP contribution in [0, 0.1) is 6.92 Å². The molecule has 2 N–H and O–H groups in total. The Hall–Kier alpha value is -3.04. The smallest absolute Gasteiger partial charge is 0.338 e. The molecule has 1 aromatic heterocycles. The lowest BCUT2D eigenvalue weighted by Crippen LogP contribution is -2.37. The molecule has 0 bridgehead atoms. The van der Waals surface area contributed by atoms with Crippen molar-refractivity contribution < 1.29 is 19.1 Å². The van der Waals surface area contributed by atoms with E-state index in [1.54, 1.807) is 30.3 Å². The first kappa shape index (κ1) is 22.6. The first-order chi connectivity index (χ1) is 14.9. The maximum atomic E-state index is 12.1. The van der Waals surface area contributed by atoms with Crippen LogP contribution < -0.4 is 15.4 Å². The molecule has 162 valence electrons. The molecule has 3 aromatic rings. The lowest BCUT2D eigenvalue weighted by molar-refractivity contribution is -0.121. The van der Waals surface area contributed by atoms with Crippen LogP contribution in [0.3, 0.4) is 0 Å². The molecule has 1 heterocycles. The van der Waals surface area contributed by atoms with Gasteiger partial charge in [-0.1, -0.05) is 42.4 Å². The minimum absolute atomic E-state index is 0.121. The number of benzene rings is 2. The molecule has 0 unspecified atom stereocenters. The summed E-state index contributed by atoms with van der Waals surface area (Å²) in [6.45, 7) is 4.26. The highest BCUT2D eigenvalue weighted by molar-refractivity contribution is 7.80. The number of nitrogens with zero attached hydrogens (tertiary/aromatic N) is 1. The summed E-state index contributed by atoms with van der Waals surface area (Å²) < 4.78 is 11.5. The van der Waals surface area contributed by atoms with Crippen LogP contribution in [0.5, 0.6) is 5.75 Å². The van der Waals surface area contributed by atoms with Crippen molar-refractivity contribution in [1.82, 2.24) is 10.3 Å². The number of fused-ring (bicyclic) bond motifs is 1. The molecule has 0 fully saturated rings. The quantitative estimate of drug-likeness (QED) is 0.293. The Bertz CT molecular complexity index is 1080. The topological polar surface area (TPSA) is 89.5 Å². The highest BCUT2D eigenvalue weighted by Crippen LogP contribution is 2.27. The number of amides is 1. The molecule has 0 aliphatic rings. The van der Waals surface area contributed by atoms with E-state index < -0.39 is 0 Å². The van der Waals surface area contributed by atoms with E-state index in [1.807, 2.05) is 26.0 Å². The number of aryl methyl sites for hydroxylation is 1. The van der Waals surface area contributed by atoms with Gasteiger partial charge in [-0.3, -0.25) is 10.1 Å². The van der Waals surface area contributed by atoms with Crippen LogP contribution in [0.15, 0.2) is 42.5 Å². The van der Waals surface area contributed by atoms with Gasteiger partial charge in [-0.2, -0.15) is 0 Å². The van der Waals surface area contributed by atoms with Crippen molar-refractivity contribution >= 4 is 55.9 Å². The maximum absolute atomic E-state index is 12.1. The van der Waals surface area contributed by atoms with Crippen LogP contribution in [0.4, 0.5) is 5.13 Å². The van der Waals surface area contributed by atoms with Gasteiger partial charge in [-0.05, 0) is 55.9 Å². The second-order valence-corrected chi connectivity index (χ2v) is 8.23. The minimum atomic E-state index is -0.378. The summed E-state index contributed by atoms with van der Waals surface area (Å²) in [6.07, 6.45) is 1.80. The Labute approximate surface area is 189 Å². The molecule has 0 aliphatic heterocycles. The Morgan fingerprint density at radius 3 is 2.68 bits per heavy atom. The fourth-order valence-electron chi connectivity index (χ4n) is 2.57. The van der Waals surface area contributed by atoms with Crippen molar-refractivity contribution in [1.29, 1.82) is 0 Å². The summed E-state index contributed by atoms with van der Waals surface area (Å²) in [5.41, 5.74) is 2.30. The molecular weight excluding hydrogens is 434 g/mol. The summed E-state index contributed by atoms with van der Waals surface area (Å²) in [4.78, 5) is 28.6. The summed E-state index contributed by atoms with van der Waals surface area (Å²) in [5.74, 6) is -0.124. The second-order valence-electron chi connectivity index (χ2n) is 6.80. The van der Waals surface area contributed by atoms with E-state index in [0.29, 0.717) is 23.1 Å². The number of rotatable bonds is 8. The van der Waals surface area contributed by atoms with Crippen LogP contribution in [0.1, 0.15) is 35.7 Å². The van der Waals surface area contributed by atoms with Crippen molar-refractivity contribution in [3.63, 3.8) is 0 Å². The first-order valence-corrected chi connectivity index (χ1v) is 11.0. The van der Waals surface area contributed by atoms with Gasteiger partial charge in [-0.15, -0.1) is 0 Å². The number of carbonyl (C=O) groups excluding carboxylic acids is 2. The Morgan fingerprint density at radius 1 is 1.16 bits per heavy atom. The summed E-state index contributed by atoms with van der Waals surface area (Å²) >= 11 is 6.51. The van der Waals surface area contributed by atoms with E-state index in [2.05, 4.69) is 15.6 Å². The predicted octanol–water partition coefficient (Wildman–Crippen LogP) is 4.45. The van der Waals surface area contributed by atoms with E-state index in [1.165, 1.54) is 11.3 Å². The maximum Gasteiger partial charge on any atom is 0.338 e. The number of anilines is 1. The lowest BCUT2D eigenvalue weighted by Gasteiger charge is -2.08. The van der Waals surface area contributed by atoms with Crippen molar-refractivity contribution in [2.75, 3.05) is 18.5 Å². The molecule has 31 heavy (non-hydrogen) atoms. The lowest BCUT2D eigenvalue weighted by atomic mass is 10.2. The van der Waals surface area contributed by atoms with Crippen molar-refractivity contribution in [2.24, 2.45) is 0 Å². The van der Waals surface area contributed by atoms with Crippen LogP contribution >= 0.6 is 23.6 Å². The first-order valence-electron chi connectivity index (χ1n) is 9.82. The second kappa shape index (κ2) is 10.8. The molecule has 1 amide bonds. The number of aromatic nitrogens is 1. The van der Waals surface area contributed by atoms with Crippen molar-refractivity contribution in [3.8, 4) is 5.75 Å². The zero-order valence-corrected chi connectivity index (χ0v) is 18.9. The third-order valence-corrected chi connectivity index (χ3v) is 5.36. The molecule has 9 heteroatoms. The van der Waals surface area contributed by atoms with Gasteiger partial charge < -0.3 is 14.8 Å². The molecule has 0 saturated heterocycles. The standard InChI is InChI=1S/C22H23N3O4S2/c1-3-4-11-28-20(27)15-7-10-17-18(12-15)31-22(23-17)25-21(30)24-19(26)13-29-16-8-5-14(2)6-9-16/h5-10,12H,3-4,11,13H2,1-2H3,(H2,23,24,25,26,30). The number of ether oxygens (including phenoxy) is 2. The van der Waals surface area contributed by atoms with Gasteiger partial charge in [0, 0.05) is 0 Å². The fourth-order valence-corrected chi connectivity index (χ4v) is 3.76. The SMILES string of the molecule is CCCCOC(=O)c1ccc2nc(NC(=S)NC(=O)COc3ccc(C)cc3)sc2c1. The number of thiazole rings is 1. The zero-order chi connectivity index (χ0) is 22.2. The number of unbranched alkanes of at least 4 members (excludes halogenated alkanes) is 1. The van der Waals surface area contributed by atoms with Gasteiger partial charge >= 0.3 is 5.97 Å². The minimum Gasteiger partial charge on any atom is -0.484 e. The normalized spacial score (nSPS) is 10.5. The highest BCUT2D eigenvalue weighted by Gasteiger charge is 2.12. The number of nitrogens with one attached hydrogen (secondary N) is 2.